The van der Waals surface area contributed by atoms with E-state index in [1.165, 1.54) is 18.9 Å². The number of hydrogen-bond acceptors (Lipinski definition) is 4. The van der Waals surface area contributed by atoms with Gasteiger partial charge in [0.25, 0.3) is 15.0 Å². The Labute approximate surface area is 127 Å². The minimum absolute atomic E-state index is 0.0320. The van der Waals surface area contributed by atoms with Gasteiger partial charge in [0.05, 0.1) is 9.77 Å². The molecule has 1 N–H and O–H groups in total. The van der Waals surface area contributed by atoms with Gasteiger partial charge < -0.3 is 5.32 Å². The number of halogens is 1. The Hall–Kier alpha value is -0.590. The standard InChI is InChI=1S/C13H18ClNO3S2/c1-3-10(6-9-4-5-9)15-13(16)11-7-12(8(2)19-11)20(14,17)18/h7,9-10H,3-6H2,1-2H3,(H,15,16). The van der Waals surface area contributed by atoms with E-state index in [0.29, 0.717) is 9.75 Å². The predicted octanol–water partition coefficient (Wildman–Crippen LogP) is 3.29. The molecule has 1 unspecified atom stereocenters. The fourth-order valence-electron chi connectivity index (χ4n) is 2.16. The van der Waals surface area contributed by atoms with Gasteiger partial charge in [0.1, 0.15) is 0 Å². The summed E-state index contributed by atoms with van der Waals surface area (Å²) in [6.45, 7) is 3.69. The molecule has 7 heteroatoms. The maximum Gasteiger partial charge on any atom is 0.262 e. The summed E-state index contributed by atoms with van der Waals surface area (Å²) >= 11 is 1.16. The fourth-order valence-corrected chi connectivity index (χ4v) is 4.73. The maximum absolute atomic E-state index is 12.2. The van der Waals surface area contributed by atoms with Crippen molar-refractivity contribution < 1.29 is 13.2 Å². The van der Waals surface area contributed by atoms with Crippen LogP contribution in [0.3, 0.4) is 0 Å². The van der Waals surface area contributed by atoms with Crippen LogP contribution in [-0.4, -0.2) is 20.4 Å². The molecule has 1 aliphatic rings. The lowest BCUT2D eigenvalue weighted by atomic mass is 10.1. The van der Waals surface area contributed by atoms with Crippen LogP contribution in [0.5, 0.6) is 0 Å². The Morgan fingerprint density at radius 1 is 1.55 bits per heavy atom. The number of rotatable bonds is 6. The largest absolute Gasteiger partial charge is 0.349 e. The Morgan fingerprint density at radius 3 is 2.65 bits per heavy atom. The SMILES string of the molecule is CCC(CC1CC1)NC(=O)c1cc(S(=O)(=O)Cl)c(C)s1. The molecule has 1 saturated carbocycles. The van der Waals surface area contributed by atoms with Crippen LogP contribution in [0.15, 0.2) is 11.0 Å². The first kappa shape index (κ1) is 15.8. The van der Waals surface area contributed by atoms with Crippen LogP contribution in [0, 0.1) is 12.8 Å². The number of carbonyl (C=O) groups excluding carboxylic acids is 1. The Balaban J connectivity index is 2.08. The second-order valence-corrected chi connectivity index (χ2v) is 9.02. The minimum Gasteiger partial charge on any atom is -0.349 e. The van der Waals surface area contributed by atoms with Gasteiger partial charge in [-0.05, 0) is 31.7 Å². The molecule has 0 spiro atoms. The molecule has 0 bridgehead atoms. The molecule has 2 rings (SSSR count). The third-order valence-corrected chi connectivity index (χ3v) is 6.13. The molecule has 0 saturated heterocycles. The lowest BCUT2D eigenvalue weighted by molar-refractivity contribution is 0.0936. The molecule has 1 fully saturated rings. The molecule has 1 aromatic rings. The Morgan fingerprint density at radius 2 is 2.20 bits per heavy atom. The van der Waals surface area contributed by atoms with Crippen LogP contribution in [0.1, 0.15) is 47.2 Å². The van der Waals surface area contributed by atoms with Gasteiger partial charge in [0.2, 0.25) is 0 Å². The topological polar surface area (TPSA) is 63.2 Å². The monoisotopic (exact) mass is 335 g/mol. The Bertz CT molecular complexity index is 605. The van der Waals surface area contributed by atoms with Gasteiger partial charge in [-0.15, -0.1) is 11.3 Å². The van der Waals surface area contributed by atoms with Gasteiger partial charge >= 0.3 is 0 Å². The zero-order valence-electron chi connectivity index (χ0n) is 11.5. The van der Waals surface area contributed by atoms with Crippen molar-refractivity contribution in [3.05, 3.63) is 15.8 Å². The summed E-state index contributed by atoms with van der Waals surface area (Å²) in [4.78, 5) is 13.1. The molecule has 1 heterocycles. The summed E-state index contributed by atoms with van der Waals surface area (Å²) in [5.74, 6) is 0.529. The van der Waals surface area contributed by atoms with Crippen molar-refractivity contribution in [2.75, 3.05) is 0 Å². The predicted molar refractivity (Wildman–Crippen MR) is 81.0 cm³/mol. The summed E-state index contributed by atoms with van der Waals surface area (Å²) in [7, 11) is 1.55. The van der Waals surface area contributed by atoms with E-state index in [0.717, 1.165) is 30.1 Å². The molecule has 4 nitrogen and oxygen atoms in total. The number of thiophene rings is 1. The first-order valence-electron chi connectivity index (χ1n) is 6.67. The average Bonchev–Trinajstić information content (AvgIpc) is 3.06. The molecule has 1 amide bonds. The number of hydrogen-bond donors (Lipinski definition) is 1. The van der Waals surface area contributed by atoms with E-state index in [1.807, 2.05) is 6.92 Å². The molecule has 0 aliphatic heterocycles. The van der Waals surface area contributed by atoms with Crippen LogP contribution in [0.25, 0.3) is 0 Å². The van der Waals surface area contributed by atoms with Crippen molar-refractivity contribution >= 4 is 37.0 Å². The Kier molecular flexibility index (Phi) is 4.76. The summed E-state index contributed by atoms with van der Waals surface area (Å²) in [5, 5.41) is 2.98. The highest BCUT2D eigenvalue weighted by Crippen LogP contribution is 2.34. The quantitative estimate of drug-likeness (QED) is 0.811. The zero-order chi connectivity index (χ0) is 14.9. The first-order chi connectivity index (χ1) is 9.31. The molecule has 0 radical (unpaired) electrons. The zero-order valence-corrected chi connectivity index (χ0v) is 13.9. The summed E-state index contributed by atoms with van der Waals surface area (Å²) in [5.41, 5.74) is 0. The number of aryl methyl sites for hydroxylation is 1. The van der Waals surface area contributed by atoms with Crippen LogP contribution in [-0.2, 0) is 9.05 Å². The number of carbonyl (C=O) groups is 1. The molecule has 1 aromatic heterocycles. The molecule has 0 aromatic carbocycles. The third-order valence-electron chi connectivity index (χ3n) is 3.50. The van der Waals surface area contributed by atoms with Gasteiger partial charge in [0.15, 0.2) is 0 Å². The number of amides is 1. The minimum atomic E-state index is -3.79. The molecule has 1 aliphatic carbocycles. The number of nitrogens with one attached hydrogen (secondary N) is 1. The van der Waals surface area contributed by atoms with Crippen molar-refractivity contribution in [3.63, 3.8) is 0 Å². The van der Waals surface area contributed by atoms with Gasteiger partial charge in [-0.2, -0.15) is 0 Å². The lowest BCUT2D eigenvalue weighted by Gasteiger charge is -2.15. The van der Waals surface area contributed by atoms with Crippen LogP contribution in [0.2, 0.25) is 0 Å². The van der Waals surface area contributed by atoms with Crippen molar-refractivity contribution in [1.29, 1.82) is 0 Å². The third kappa shape index (κ3) is 3.96. The molecular formula is C13H18ClNO3S2. The van der Waals surface area contributed by atoms with E-state index in [-0.39, 0.29) is 16.8 Å². The van der Waals surface area contributed by atoms with E-state index in [2.05, 4.69) is 5.32 Å². The lowest BCUT2D eigenvalue weighted by Crippen LogP contribution is -2.34. The molecular weight excluding hydrogens is 318 g/mol. The molecule has 112 valence electrons. The van der Waals surface area contributed by atoms with Crippen LogP contribution < -0.4 is 5.32 Å². The maximum atomic E-state index is 12.2. The van der Waals surface area contributed by atoms with Crippen molar-refractivity contribution in [2.45, 2.75) is 50.5 Å². The van der Waals surface area contributed by atoms with E-state index in [4.69, 9.17) is 10.7 Å². The van der Waals surface area contributed by atoms with Crippen LogP contribution in [0.4, 0.5) is 0 Å². The summed E-state index contributed by atoms with van der Waals surface area (Å²) < 4.78 is 22.7. The molecule has 1 atom stereocenters. The van der Waals surface area contributed by atoms with Gasteiger partial charge in [-0.3, -0.25) is 4.79 Å². The second-order valence-electron chi connectivity index (χ2n) is 5.23. The van der Waals surface area contributed by atoms with Gasteiger partial charge in [0, 0.05) is 21.6 Å². The highest BCUT2D eigenvalue weighted by atomic mass is 35.7. The highest BCUT2D eigenvalue weighted by Gasteiger charge is 2.26. The summed E-state index contributed by atoms with van der Waals surface area (Å²) in [6, 6.07) is 1.52. The molecule has 20 heavy (non-hydrogen) atoms. The average molecular weight is 336 g/mol. The van der Waals surface area contributed by atoms with E-state index < -0.39 is 9.05 Å². The van der Waals surface area contributed by atoms with E-state index in [1.54, 1.807) is 6.92 Å². The van der Waals surface area contributed by atoms with Gasteiger partial charge in [-0.1, -0.05) is 19.8 Å². The smallest absolute Gasteiger partial charge is 0.262 e. The summed E-state index contributed by atoms with van der Waals surface area (Å²) in [6.07, 6.45) is 4.39. The van der Waals surface area contributed by atoms with Crippen molar-refractivity contribution in [2.24, 2.45) is 5.92 Å². The highest BCUT2D eigenvalue weighted by molar-refractivity contribution is 8.13. The fraction of sp³-hybridized carbons (Fsp3) is 0.615. The van der Waals surface area contributed by atoms with E-state index >= 15 is 0 Å². The van der Waals surface area contributed by atoms with E-state index in [9.17, 15) is 13.2 Å². The van der Waals surface area contributed by atoms with Crippen LogP contribution >= 0.6 is 22.0 Å². The normalized spacial score (nSPS) is 16.9. The first-order valence-corrected chi connectivity index (χ1v) is 9.79. The second kappa shape index (κ2) is 6.03. The van der Waals surface area contributed by atoms with Gasteiger partial charge in [-0.25, -0.2) is 8.42 Å². The van der Waals surface area contributed by atoms with Crippen molar-refractivity contribution in [3.8, 4) is 0 Å². The van der Waals surface area contributed by atoms with Crippen molar-refractivity contribution in [1.82, 2.24) is 5.32 Å².